The van der Waals surface area contributed by atoms with Gasteiger partial charge in [-0.1, -0.05) is 0 Å². The molecule has 4 N–H and O–H groups in total. The van der Waals surface area contributed by atoms with Crippen molar-refractivity contribution < 1.29 is 70.0 Å². The lowest BCUT2D eigenvalue weighted by Crippen LogP contribution is -2.53. The van der Waals surface area contributed by atoms with Gasteiger partial charge in [-0.25, -0.2) is 48.3 Å². The van der Waals surface area contributed by atoms with Crippen molar-refractivity contribution >= 4 is 10.1 Å². The van der Waals surface area contributed by atoms with E-state index in [9.17, 15) is 65.5 Å². The van der Waals surface area contributed by atoms with E-state index in [2.05, 4.69) is 0 Å². The van der Waals surface area contributed by atoms with Gasteiger partial charge in [0.2, 0.25) is 6.17 Å². The molecule has 0 saturated heterocycles. The molecule has 9 unspecified atom stereocenters. The average Bonchev–Trinajstić information content (AvgIpc) is 2.61. The molecule has 29 heavy (non-hydrogen) atoms. The zero-order valence-corrected chi connectivity index (χ0v) is 14.4. The van der Waals surface area contributed by atoms with Gasteiger partial charge in [0.1, 0.15) is 0 Å². The fourth-order valence-electron chi connectivity index (χ4n) is 1.71. The molecule has 0 radical (unpaired) electrons. The topological polar surface area (TPSA) is 89.4 Å². The molecule has 0 aliphatic heterocycles. The van der Waals surface area contributed by atoms with Crippen LogP contribution in [0.1, 0.15) is 0 Å². The molecule has 4 nitrogen and oxygen atoms in total. The highest BCUT2D eigenvalue weighted by atomic mass is 32.2. The van der Waals surface area contributed by atoms with Crippen molar-refractivity contribution in [2.45, 2.75) is 67.2 Å². The van der Waals surface area contributed by atoms with Gasteiger partial charge in [0, 0.05) is 0 Å². The van der Waals surface area contributed by atoms with Crippen molar-refractivity contribution in [2.75, 3.05) is 0 Å². The molecule has 0 amide bonds. The Morgan fingerprint density at radius 3 is 1.14 bits per heavy atom. The van der Waals surface area contributed by atoms with E-state index < -0.39 is 77.3 Å². The van der Waals surface area contributed by atoms with Crippen LogP contribution in [0.4, 0.5) is 57.1 Å². The lowest BCUT2D eigenvalue weighted by atomic mass is 9.96. The minimum atomic E-state index is -6.38. The first-order chi connectivity index (χ1) is 12.4. The van der Waals surface area contributed by atoms with Crippen LogP contribution in [0.25, 0.3) is 0 Å². The van der Waals surface area contributed by atoms with E-state index >= 15 is 0 Å². The van der Waals surface area contributed by atoms with Crippen LogP contribution < -0.4 is 6.15 Å². The van der Waals surface area contributed by atoms with E-state index in [4.69, 9.17) is 4.55 Å². The van der Waals surface area contributed by atoms with E-state index in [0.29, 0.717) is 0 Å². The van der Waals surface area contributed by atoms with Crippen LogP contribution in [0, 0.1) is 0 Å². The standard InChI is InChI=1S/C11H11F13O3S.H3N/c12-1(3(14)5(16)7(18)9(20)21)2(13)4(15)6(17)8(19)11(23,24)10(22)28(25,26)27;/h1-10H,(H,25,26,27);1H3. The van der Waals surface area contributed by atoms with Crippen LogP contribution in [0.3, 0.4) is 0 Å². The van der Waals surface area contributed by atoms with E-state index in [1.807, 2.05) is 0 Å². The third kappa shape index (κ3) is 7.01. The second kappa shape index (κ2) is 10.8. The number of rotatable bonds is 11. The molecule has 0 aromatic rings. The van der Waals surface area contributed by atoms with Gasteiger partial charge in [-0.05, 0) is 0 Å². The van der Waals surface area contributed by atoms with Gasteiger partial charge in [0.25, 0.3) is 11.9 Å². The summed E-state index contributed by atoms with van der Waals surface area (Å²) in [7, 11) is -6.38. The Morgan fingerprint density at radius 2 is 0.862 bits per heavy atom. The van der Waals surface area contributed by atoms with Crippen LogP contribution in [0.5, 0.6) is 0 Å². The number of alkyl halides is 13. The molecule has 0 aliphatic carbocycles. The number of halogens is 13. The highest BCUT2D eigenvalue weighted by Crippen LogP contribution is 2.37. The van der Waals surface area contributed by atoms with Crippen molar-refractivity contribution in [3.8, 4) is 0 Å². The number of hydrogen-bond acceptors (Lipinski definition) is 3. The fourth-order valence-corrected chi connectivity index (χ4v) is 2.24. The van der Waals surface area contributed by atoms with Crippen molar-refractivity contribution in [2.24, 2.45) is 0 Å². The van der Waals surface area contributed by atoms with Crippen LogP contribution >= 0.6 is 0 Å². The zero-order valence-electron chi connectivity index (χ0n) is 13.6. The predicted octanol–water partition coefficient (Wildman–Crippen LogP) is 3.94. The van der Waals surface area contributed by atoms with Gasteiger partial charge in [-0.3, -0.25) is 4.55 Å². The molecule has 0 aromatic heterocycles. The van der Waals surface area contributed by atoms with Gasteiger partial charge in [-0.2, -0.15) is 17.2 Å². The Labute approximate surface area is 154 Å². The Bertz CT molecular complexity index is 597. The van der Waals surface area contributed by atoms with Gasteiger partial charge in [0.05, 0.1) is 0 Å². The molecular formula is C11H14F13NO3S. The summed E-state index contributed by atoms with van der Waals surface area (Å²) in [5, 5.41) is 0. The summed E-state index contributed by atoms with van der Waals surface area (Å²) in [5.41, 5.74) is -4.87. The minimum Gasteiger partial charge on any atom is -0.344 e. The minimum absolute atomic E-state index is 0. The molecule has 0 fully saturated rings. The lowest BCUT2D eigenvalue weighted by molar-refractivity contribution is -0.145. The number of hydrogen-bond donors (Lipinski definition) is 2. The monoisotopic (exact) mass is 487 g/mol. The molecule has 178 valence electrons. The summed E-state index contributed by atoms with van der Waals surface area (Å²) in [6.07, 6.45) is -39.3. The van der Waals surface area contributed by atoms with Gasteiger partial charge in [-0.15, -0.1) is 0 Å². The summed E-state index contributed by atoms with van der Waals surface area (Å²) < 4.78 is 196. The quantitative estimate of drug-likeness (QED) is 0.342. The molecule has 0 heterocycles. The largest absolute Gasteiger partial charge is 0.344 e. The fraction of sp³-hybridized carbons (Fsp3) is 1.00. The SMILES string of the molecule is N.O=S(=O)(O)C(F)C(F)(F)C(F)C(F)C(F)C(F)C(F)C(F)C(F)C(F)C(F)F. The molecule has 0 aliphatic rings. The molecule has 0 spiro atoms. The van der Waals surface area contributed by atoms with Crippen molar-refractivity contribution in [1.82, 2.24) is 6.15 Å². The van der Waals surface area contributed by atoms with Crippen molar-refractivity contribution in [3.05, 3.63) is 0 Å². The molecule has 0 bridgehead atoms. The Kier molecular flexibility index (Phi) is 11.3. The molecule has 18 heteroatoms. The second-order valence-electron chi connectivity index (χ2n) is 5.35. The maximum absolute atomic E-state index is 13.3. The van der Waals surface area contributed by atoms with Crippen molar-refractivity contribution in [3.63, 3.8) is 0 Å². The zero-order chi connectivity index (χ0) is 22.8. The molecule has 0 aromatic carbocycles. The van der Waals surface area contributed by atoms with E-state index in [1.165, 1.54) is 0 Å². The first kappa shape index (κ1) is 30.2. The maximum atomic E-state index is 13.3. The highest BCUT2D eigenvalue weighted by molar-refractivity contribution is 7.86. The average molecular weight is 487 g/mol. The van der Waals surface area contributed by atoms with Gasteiger partial charge < -0.3 is 6.15 Å². The second-order valence-corrected chi connectivity index (χ2v) is 6.80. The third-order valence-electron chi connectivity index (χ3n) is 3.28. The first-order valence-electron chi connectivity index (χ1n) is 6.77. The summed E-state index contributed by atoms with van der Waals surface area (Å²) in [4.78, 5) is 0. The van der Waals surface area contributed by atoms with Crippen molar-refractivity contribution in [1.29, 1.82) is 0 Å². The van der Waals surface area contributed by atoms with E-state index in [1.54, 1.807) is 0 Å². The highest BCUT2D eigenvalue weighted by Gasteiger charge is 2.60. The van der Waals surface area contributed by atoms with E-state index in [-0.39, 0.29) is 6.15 Å². The van der Waals surface area contributed by atoms with E-state index in [0.717, 1.165) is 0 Å². The molecule has 9 atom stereocenters. The predicted molar refractivity (Wildman–Crippen MR) is 71.6 cm³/mol. The summed E-state index contributed by atoms with van der Waals surface area (Å²) >= 11 is 0. The van der Waals surface area contributed by atoms with Crippen LogP contribution in [0.15, 0.2) is 0 Å². The first-order valence-corrected chi connectivity index (χ1v) is 8.28. The van der Waals surface area contributed by atoms with Crippen LogP contribution in [-0.4, -0.2) is 80.2 Å². The molecule has 0 saturated carbocycles. The summed E-state index contributed by atoms with van der Waals surface area (Å²) in [5.74, 6) is -6.06. The summed E-state index contributed by atoms with van der Waals surface area (Å²) in [6, 6.07) is 0. The Balaban J connectivity index is 0. The lowest BCUT2D eigenvalue weighted by Gasteiger charge is -2.29. The molecular weight excluding hydrogens is 473 g/mol. The van der Waals surface area contributed by atoms with Gasteiger partial charge in [0.15, 0.2) is 43.2 Å². The Morgan fingerprint density at radius 1 is 0.586 bits per heavy atom. The van der Waals surface area contributed by atoms with Crippen LogP contribution in [0.2, 0.25) is 0 Å². The van der Waals surface area contributed by atoms with Crippen LogP contribution in [-0.2, 0) is 10.1 Å². The third-order valence-corrected chi connectivity index (χ3v) is 4.11. The van der Waals surface area contributed by atoms with Gasteiger partial charge >= 0.3 is 16.0 Å². The molecule has 0 rings (SSSR count). The normalized spacial score (nSPS) is 22.6. The smallest absolute Gasteiger partial charge is 0.328 e. The maximum Gasteiger partial charge on any atom is 0.328 e. The Hall–Kier alpha value is -1.04. The summed E-state index contributed by atoms with van der Waals surface area (Å²) in [6.45, 7) is 0.